The molecule has 1 atom stereocenters. The number of ether oxygens (including phenoxy) is 1. The van der Waals surface area contributed by atoms with Crippen molar-refractivity contribution in [1.29, 1.82) is 0 Å². The number of allylic oxidation sites excluding steroid dienone is 1. The molecule has 0 saturated heterocycles. The summed E-state index contributed by atoms with van der Waals surface area (Å²) in [5, 5.41) is 0.723. The van der Waals surface area contributed by atoms with Gasteiger partial charge in [0.2, 0.25) is 0 Å². The lowest BCUT2D eigenvalue weighted by molar-refractivity contribution is 0.245. The fourth-order valence-corrected chi connectivity index (χ4v) is 3.71. The lowest BCUT2D eigenvalue weighted by Crippen LogP contribution is -2.11. The van der Waals surface area contributed by atoms with Gasteiger partial charge in [0.25, 0.3) is 0 Å². The normalized spacial score (nSPS) is 19.5. The number of hydrogen-bond donors (Lipinski definition) is 0. The van der Waals surface area contributed by atoms with E-state index < -0.39 is 0 Å². The highest BCUT2D eigenvalue weighted by atomic mass is 127. The van der Waals surface area contributed by atoms with Gasteiger partial charge in [0.15, 0.2) is 0 Å². The predicted octanol–water partition coefficient (Wildman–Crippen LogP) is 4.80. The maximum atomic E-state index is 5.93. The molecule has 0 aromatic heterocycles. The van der Waals surface area contributed by atoms with E-state index in [2.05, 4.69) is 50.7 Å². The van der Waals surface area contributed by atoms with Crippen LogP contribution < -0.4 is 4.74 Å². The molecule has 0 saturated carbocycles. The van der Waals surface area contributed by atoms with Gasteiger partial charge in [-0.25, -0.2) is 0 Å². The molecule has 80 valence electrons. The molecule has 0 fully saturated rings. The topological polar surface area (TPSA) is 9.23 Å². The molecule has 4 heteroatoms. The largest absolute Gasteiger partial charge is 0.484 e. The molecule has 1 aromatic carbocycles. The van der Waals surface area contributed by atoms with Gasteiger partial charge in [-0.1, -0.05) is 17.7 Å². The molecule has 1 aromatic rings. The van der Waals surface area contributed by atoms with Crippen LogP contribution in [0.5, 0.6) is 5.75 Å². The van der Waals surface area contributed by atoms with Crippen molar-refractivity contribution in [1.82, 2.24) is 0 Å². The minimum absolute atomic E-state index is 0.205. The van der Waals surface area contributed by atoms with Gasteiger partial charge in [0, 0.05) is 5.02 Å². The second-order valence-corrected chi connectivity index (χ2v) is 5.81. The van der Waals surface area contributed by atoms with Crippen molar-refractivity contribution in [2.45, 2.75) is 18.9 Å². The van der Waals surface area contributed by atoms with E-state index in [1.165, 1.54) is 0 Å². The lowest BCUT2D eigenvalue weighted by atomic mass is 10.3. The van der Waals surface area contributed by atoms with E-state index in [-0.39, 0.29) is 6.10 Å². The maximum absolute atomic E-state index is 5.93. The van der Waals surface area contributed by atoms with E-state index in [4.69, 9.17) is 16.3 Å². The van der Waals surface area contributed by atoms with Crippen molar-refractivity contribution < 1.29 is 4.74 Å². The Morgan fingerprint density at radius 2 is 2.27 bits per heavy atom. The van der Waals surface area contributed by atoms with Gasteiger partial charge in [-0.05, 0) is 69.6 Å². The van der Waals surface area contributed by atoms with Gasteiger partial charge in [0.1, 0.15) is 11.9 Å². The van der Waals surface area contributed by atoms with E-state index in [0.29, 0.717) is 0 Å². The Kier molecular flexibility index (Phi) is 3.96. The van der Waals surface area contributed by atoms with E-state index in [9.17, 15) is 0 Å². The summed E-state index contributed by atoms with van der Waals surface area (Å²) in [5.41, 5.74) is 0. The molecular formula is C11H9BrClIO. The second-order valence-electron chi connectivity index (χ2n) is 3.36. The van der Waals surface area contributed by atoms with Crippen LogP contribution in [0, 0.1) is 3.57 Å². The summed E-state index contributed by atoms with van der Waals surface area (Å²) in [7, 11) is 0. The quantitative estimate of drug-likeness (QED) is 0.513. The predicted molar refractivity (Wildman–Crippen MR) is 74.7 cm³/mol. The standard InChI is InChI=1S/C11H9BrClIO/c12-9-5-7(13)6-10(14)11(9)15-8-3-1-2-4-8/h1,3,5-6,8H,2,4H2. The molecule has 0 bridgehead atoms. The van der Waals surface area contributed by atoms with Gasteiger partial charge in [-0.3, -0.25) is 0 Å². The van der Waals surface area contributed by atoms with Crippen LogP contribution in [0.1, 0.15) is 12.8 Å². The third-order valence-corrected chi connectivity index (χ3v) is 3.81. The molecule has 1 unspecified atom stereocenters. The smallest absolute Gasteiger partial charge is 0.147 e. The Bertz CT molecular complexity index is 383. The second kappa shape index (κ2) is 5.06. The van der Waals surface area contributed by atoms with Crippen molar-refractivity contribution in [3.63, 3.8) is 0 Å². The Morgan fingerprint density at radius 3 is 2.87 bits per heavy atom. The van der Waals surface area contributed by atoms with E-state index in [1.807, 2.05) is 12.1 Å². The van der Waals surface area contributed by atoms with Crippen molar-refractivity contribution >= 4 is 50.1 Å². The number of rotatable bonds is 2. The molecule has 0 heterocycles. The summed E-state index contributed by atoms with van der Waals surface area (Å²) < 4.78 is 7.84. The third kappa shape index (κ3) is 2.88. The fraction of sp³-hybridized carbons (Fsp3) is 0.273. The van der Waals surface area contributed by atoms with Crippen molar-refractivity contribution in [3.05, 3.63) is 37.4 Å². The van der Waals surface area contributed by atoms with Crippen LogP contribution in [-0.4, -0.2) is 6.10 Å². The fourth-order valence-electron chi connectivity index (χ4n) is 1.50. The van der Waals surface area contributed by atoms with Crippen LogP contribution in [-0.2, 0) is 0 Å². The summed E-state index contributed by atoms with van der Waals surface area (Å²) in [6.45, 7) is 0. The molecule has 15 heavy (non-hydrogen) atoms. The summed E-state index contributed by atoms with van der Waals surface area (Å²) >= 11 is 11.6. The number of hydrogen-bond acceptors (Lipinski definition) is 1. The Labute approximate surface area is 116 Å². The van der Waals surface area contributed by atoms with Gasteiger partial charge in [-0.15, -0.1) is 0 Å². The monoisotopic (exact) mass is 398 g/mol. The van der Waals surface area contributed by atoms with Crippen LogP contribution in [0.4, 0.5) is 0 Å². The maximum Gasteiger partial charge on any atom is 0.147 e. The summed E-state index contributed by atoms with van der Waals surface area (Å²) in [6, 6.07) is 3.76. The zero-order valence-electron chi connectivity index (χ0n) is 7.84. The van der Waals surface area contributed by atoms with Crippen LogP contribution in [0.3, 0.4) is 0 Å². The van der Waals surface area contributed by atoms with E-state index >= 15 is 0 Å². The van der Waals surface area contributed by atoms with Crippen molar-refractivity contribution in [2.75, 3.05) is 0 Å². The molecule has 0 N–H and O–H groups in total. The van der Waals surface area contributed by atoms with Gasteiger partial charge in [0.05, 0.1) is 8.04 Å². The highest BCUT2D eigenvalue weighted by Crippen LogP contribution is 2.35. The molecule has 0 radical (unpaired) electrons. The zero-order valence-corrected chi connectivity index (χ0v) is 12.3. The summed E-state index contributed by atoms with van der Waals surface area (Å²) in [4.78, 5) is 0. The first-order valence-corrected chi connectivity index (χ1v) is 6.89. The molecule has 1 nitrogen and oxygen atoms in total. The summed E-state index contributed by atoms with van der Waals surface area (Å²) in [6.07, 6.45) is 6.63. The van der Waals surface area contributed by atoms with E-state index in [1.54, 1.807) is 0 Å². The van der Waals surface area contributed by atoms with E-state index in [0.717, 1.165) is 31.7 Å². The zero-order chi connectivity index (χ0) is 10.8. The van der Waals surface area contributed by atoms with Gasteiger partial charge < -0.3 is 4.74 Å². The molecule has 0 amide bonds. The minimum Gasteiger partial charge on any atom is -0.484 e. The Morgan fingerprint density at radius 1 is 1.47 bits per heavy atom. The van der Waals surface area contributed by atoms with Crippen LogP contribution in [0.25, 0.3) is 0 Å². The van der Waals surface area contributed by atoms with Gasteiger partial charge >= 0.3 is 0 Å². The van der Waals surface area contributed by atoms with Crippen molar-refractivity contribution in [2.24, 2.45) is 0 Å². The average Bonchev–Trinajstić information content (AvgIpc) is 2.63. The molecular weight excluding hydrogens is 390 g/mol. The highest BCUT2D eigenvalue weighted by molar-refractivity contribution is 14.1. The van der Waals surface area contributed by atoms with Gasteiger partial charge in [-0.2, -0.15) is 0 Å². The minimum atomic E-state index is 0.205. The van der Waals surface area contributed by atoms with Crippen LogP contribution in [0.2, 0.25) is 5.02 Å². The molecule has 0 aliphatic heterocycles. The first kappa shape index (κ1) is 11.7. The Balaban J connectivity index is 2.23. The van der Waals surface area contributed by atoms with Crippen molar-refractivity contribution in [3.8, 4) is 5.75 Å². The summed E-state index contributed by atoms with van der Waals surface area (Å²) in [5.74, 6) is 0.886. The molecule has 0 spiro atoms. The number of benzene rings is 1. The lowest BCUT2D eigenvalue weighted by Gasteiger charge is -2.15. The third-order valence-electron chi connectivity index (χ3n) is 2.20. The average molecular weight is 399 g/mol. The SMILES string of the molecule is Clc1cc(Br)c(OC2C=CCC2)c(I)c1. The Hall–Kier alpha value is 0.260. The number of halogens is 3. The molecule has 2 rings (SSSR count). The van der Waals surface area contributed by atoms with Crippen LogP contribution in [0.15, 0.2) is 28.8 Å². The first-order chi connectivity index (χ1) is 7.16. The molecule has 1 aliphatic carbocycles. The van der Waals surface area contributed by atoms with Crippen LogP contribution >= 0.6 is 50.1 Å². The highest BCUT2D eigenvalue weighted by Gasteiger charge is 2.15. The first-order valence-electron chi connectivity index (χ1n) is 4.64. The molecule has 1 aliphatic rings.